The predicted octanol–water partition coefficient (Wildman–Crippen LogP) is 2.69. The van der Waals surface area contributed by atoms with E-state index in [0.29, 0.717) is 6.42 Å². The Kier molecular flexibility index (Phi) is 3.07. The van der Waals surface area contributed by atoms with Gasteiger partial charge in [-0.25, -0.2) is 0 Å². The van der Waals surface area contributed by atoms with Crippen LogP contribution >= 0.6 is 0 Å². The van der Waals surface area contributed by atoms with Gasteiger partial charge in [-0.15, -0.1) is 0 Å². The van der Waals surface area contributed by atoms with Crippen molar-refractivity contribution in [3.8, 4) is 0 Å². The van der Waals surface area contributed by atoms with Gasteiger partial charge in [-0.2, -0.15) is 13.2 Å². The molecule has 0 radical (unpaired) electrons. The molecule has 0 aromatic carbocycles. The van der Waals surface area contributed by atoms with E-state index in [9.17, 15) is 18.0 Å². The Morgan fingerprint density at radius 2 is 1.93 bits per heavy atom. The van der Waals surface area contributed by atoms with E-state index in [1.807, 2.05) is 0 Å². The van der Waals surface area contributed by atoms with Gasteiger partial charge in [-0.05, 0) is 25.2 Å². The van der Waals surface area contributed by atoms with Gasteiger partial charge in [-0.3, -0.25) is 4.79 Å². The Morgan fingerprint density at radius 3 is 2.36 bits per heavy atom. The molecule has 0 bridgehead atoms. The highest BCUT2D eigenvalue weighted by Gasteiger charge is 2.45. The molecule has 0 aromatic heterocycles. The zero-order chi connectivity index (χ0) is 10.9. The monoisotopic (exact) mass is 210 g/mol. The molecule has 0 heterocycles. The molecule has 1 aliphatic rings. The van der Waals surface area contributed by atoms with Crippen molar-refractivity contribution >= 4 is 5.97 Å². The topological polar surface area (TPSA) is 37.3 Å². The van der Waals surface area contributed by atoms with Crippen molar-refractivity contribution < 1.29 is 23.1 Å². The molecule has 1 fully saturated rings. The lowest BCUT2D eigenvalue weighted by atomic mass is 9.74. The summed E-state index contributed by atoms with van der Waals surface area (Å²) in [4.78, 5) is 10.7. The van der Waals surface area contributed by atoms with E-state index >= 15 is 0 Å². The van der Waals surface area contributed by atoms with Crippen molar-refractivity contribution in [2.45, 2.75) is 32.4 Å². The summed E-state index contributed by atoms with van der Waals surface area (Å²) in [6.07, 6.45) is -4.09. The second-order valence-electron chi connectivity index (χ2n) is 3.97. The molecule has 0 aromatic rings. The number of carboxylic acid groups (broad SMARTS) is 1. The molecule has 0 amide bonds. The SMILES string of the molecule is CC1CCC(C(F)(F)F)CC1C(=O)O. The summed E-state index contributed by atoms with van der Waals surface area (Å²) in [5.41, 5.74) is 0. The van der Waals surface area contributed by atoms with E-state index in [0.717, 1.165) is 0 Å². The normalized spacial score (nSPS) is 34.1. The van der Waals surface area contributed by atoms with Gasteiger partial charge in [0, 0.05) is 0 Å². The van der Waals surface area contributed by atoms with Crippen molar-refractivity contribution in [3.63, 3.8) is 0 Å². The fourth-order valence-corrected chi connectivity index (χ4v) is 1.96. The molecular weight excluding hydrogens is 197 g/mol. The Balaban J connectivity index is 2.67. The molecule has 1 aliphatic carbocycles. The first kappa shape index (κ1) is 11.3. The van der Waals surface area contributed by atoms with Crippen LogP contribution < -0.4 is 0 Å². The third-order valence-corrected chi connectivity index (χ3v) is 2.98. The average molecular weight is 210 g/mol. The van der Waals surface area contributed by atoms with E-state index in [1.165, 1.54) is 0 Å². The molecule has 3 atom stereocenters. The van der Waals surface area contributed by atoms with Crippen molar-refractivity contribution in [3.05, 3.63) is 0 Å². The van der Waals surface area contributed by atoms with E-state index in [1.54, 1.807) is 6.92 Å². The van der Waals surface area contributed by atoms with E-state index in [2.05, 4.69) is 0 Å². The van der Waals surface area contributed by atoms with Crippen LogP contribution in [0.5, 0.6) is 0 Å². The lowest BCUT2D eigenvalue weighted by Crippen LogP contribution is -2.35. The number of alkyl halides is 3. The van der Waals surface area contributed by atoms with Crippen LogP contribution in [0.4, 0.5) is 13.2 Å². The predicted molar refractivity (Wildman–Crippen MR) is 43.7 cm³/mol. The van der Waals surface area contributed by atoms with Crippen LogP contribution in [0, 0.1) is 17.8 Å². The van der Waals surface area contributed by atoms with Crippen molar-refractivity contribution in [1.82, 2.24) is 0 Å². The molecule has 3 unspecified atom stereocenters. The molecule has 5 heteroatoms. The summed E-state index contributed by atoms with van der Waals surface area (Å²) >= 11 is 0. The molecule has 82 valence electrons. The molecule has 2 nitrogen and oxygen atoms in total. The maximum atomic E-state index is 12.3. The third kappa shape index (κ3) is 2.39. The van der Waals surface area contributed by atoms with Crippen LogP contribution in [0.25, 0.3) is 0 Å². The second kappa shape index (κ2) is 3.79. The molecule has 0 saturated heterocycles. The molecule has 1 rings (SSSR count). The van der Waals surface area contributed by atoms with E-state index < -0.39 is 24.0 Å². The van der Waals surface area contributed by atoms with Gasteiger partial charge in [0.15, 0.2) is 0 Å². The minimum Gasteiger partial charge on any atom is -0.481 e. The summed E-state index contributed by atoms with van der Waals surface area (Å²) in [6.45, 7) is 1.70. The van der Waals surface area contributed by atoms with Gasteiger partial charge in [0.1, 0.15) is 0 Å². The second-order valence-corrected chi connectivity index (χ2v) is 3.97. The number of aliphatic carboxylic acids is 1. The maximum Gasteiger partial charge on any atom is 0.391 e. The Labute approximate surface area is 80.1 Å². The van der Waals surface area contributed by atoms with Crippen LogP contribution in [0.2, 0.25) is 0 Å². The third-order valence-electron chi connectivity index (χ3n) is 2.98. The average Bonchev–Trinajstić information content (AvgIpc) is 2.02. The van der Waals surface area contributed by atoms with Crippen molar-refractivity contribution in [1.29, 1.82) is 0 Å². The highest BCUT2D eigenvalue weighted by molar-refractivity contribution is 5.70. The highest BCUT2D eigenvalue weighted by Crippen LogP contribution is 2.42. The number of carboxylic acids is 1. The Hall–Kier alpha value is -0.740. The fourth-order valence-electron chi connectivity index (χ4n) is 1.96. The van der Waals surface area contributed by atoms with Gasteiger partial charge in [0.25, 0.3) is 0 Å². The molecule has 0 aliphatic heterocycles. The van der Waals surface area contributed by atoms with E-state index in [4.69, 9.17) is 5.11 Å². The first-order valence-corrected chi connectivity index (χ1v) is 4.62. The van der Waals surface area contributed by atoms with Gasteiger partial charge in [0.05, 0.1) is 11.8 Å². The van der Waals surface area contributed by atoms with Gasteiger partial charge < -0.3 is 5.11 Å². The van der Waals surface area contributed by atoms with Crippen LogP contribution in [-0.4, -0.2) is 17.3 Å². The van der Waals surface area contributed by atoms with E-state index in [-0.39, 0.29) is 18.8 Å². The first-order chi connectivity index (χ1) is 6.32. The lowest BCUT2D eigenvalue weighted by Gasteiger charge is -2.32. The quantitative estimate of drug-likeness (QED) is 0.722. The van der Waals surface area contributed by atoms with Gasteiger partial charge in [0.2, 0.25) is 0 Å². The number of hydrogen-bond donors (Lipinski definition) is 1. The standard InChI is InChI=1S/C9H13F3O2/c1-5-2-3-6(9(10,11)12)4-7(5)8(13)14/h5-7H,2-4H2,1H3,(H,13,14). The number of rotatable bonds is 1. The minimum atomic E-state index is -4.24. The summed E-state index contributed by atoms with van der Waals surface area (Å²) < 4.78 is 36.9. The highest BCUT2D eigenvalue weighted by atomic mass is 19.4. The van der Waals surface area contributed by atoms with Crippen LogP contribution in [0.15, 0.2) is 0 Å². The number of carbonyl (C=O) groups is 1. The lowest BCUT2D eigenvalue weighted by molar-refractivity contribution is -0.191. The van der Waals surface area contributed by atoms with Crippen molar-refractivity contribution in [2.24, 2.45) is 17.8 Å². The maximum absolute atomic E-state index is 12.3. The molecular formula is C9H13F3O2. The minimum absolute atomic E-state index is 0.0639. The van der Waals surface area contributed by atoms with Gasteiger partial charge in [-0.1, -0.05) is 6.92 Å². The summed E-state index contributed by atoms with van der Waals surface area (Å²) in [5.74, 6) is -3.52. The summed E-state index contributed by atoms with van der Waals surface area (Å²) in [5, 5.41) is 8.72. The number of halogens is 3. The molecule has 14 heavy (non-hydrogen) atoms. The zero-order valence-corrected chi connectivity index (χ0v) is 7.84. The largest absolute Gasteiger partial charge is 0.481 e. The van der Waals surface area contributed by atoms with Crippen LogP contribution in [0.1, 0.15) is 26.2 Å². The first-order valence-electron chi connectivity index (χ1n) is 4.62. The van der Waals surface area contributed by atoms with Crippen LogP contribution in [0.3, 0.4) is 0 Å². The zero-order valence-electron chi connectivity index (χ0n) is 7.84. The smallest absolute Gasteiger partial charge is 0.391 e. The molecule has 1 saturated carbocycles. The molecule has 1 N–H and O–H groups in total. The Bertz CT molecular complexity index is 225. The molecule has 0 spiro atoms. The fraction of sp³-hybridized carbons (Fsp3) is 0.889. The van der Waals surface area contributed by atoms with Crippen molar-refractivity contribution in [2.75, 3.05) is 0 Å². The van der Waals surface area contributed by atoms with Crippen LogP contribution in [-0.2, 0) is 4.79 Å². The Morgan fingerprint density at radius 1 is 1.36 bits per heavy atom. The summed E-state index contributed by atoms with van der Waals surface area (Å²) in [6, 6.07) is 0. The van der Waals surface area contributed by atoms with Gasteiger partial charge >= 0.3 is 12.1 Å². The number of hydrogen-bond acceptors (Lipinski definition) is 1. The summed E-state index contributed by atoms with van der Waals surface area (Å²) in [7, 11) is 0.